The second kappa shape index (κ2) is 9.62. The number of nitriles is 1. The number of pyridine rings is 1. The van der Waals surface area contributed by atoms with Gasteiger partial charge in [-0.25, -0.2) is 4.99 Å². The number of aromatic hydroxyl groups is 1. The number of carbonyl (C=O) groups is 2. The van der Waals surface area contributed by atoms with E-state index < -0.39 is 23.2 Å². The summed E-state index contributed by atoms with van der Waals surface area (Å²) in [5.41, 5.74) is 0.804. The van der Waals surface area contributed by atoms with Gasteiger partial charge in [-0.05, 0) is 48.4 Å². The average Bonchev–Trinajstić information content (AvgIpc) is 2.78. The number of aliphatic imine (C=N–C) groups is 1. The van der Waals surface area contributed by atoms with Crippen molar-refractivity contribution in [2.24, 2.45) is 10.9 Å². The van der Waals surface area contributed by atoms with Gasteiger partial charge >= 0.3 is 0 Å². The number of H-pyrrole nitrogens is 1. The lowest BCUT2D eigenvalue weighted by atomic mass is 9.98. The van der Waals surface area contributed by atoms with Gasteiger partial charge in [0.15, 0.2) is 17.7 Å². The zero-order chi connectivity index (χ0) is 24.6. The number of fused-ring (bicyclic) bond motifs is 1. The Morgan fingerprint density at radius 1 is 1.35 bits per heavy atom. The van der Waals surface area contributed by atoms with Crippen LogP contribution in [-0.2, 0) is 20.7 Å². The van der Waals surface area contributed by atoms with E-state index in [1.165, 1.54) is 0 Å². The first-order valence-electron chi connectivity index (χ1n) is 10.6. The molecule has 1 aliphatic carbocycles. The quantitative estimate of drug-likeness (QED) is 0.405. The summed E-state index contributed by atoms with van der Waals surface area (Å²) in [6.07, 6.45) is -0.00247. The highest BCUT2D eigenvalue weighted by Crippen LogP contribution is 2.36. The number of amidine groups is 1. The van der Waals surface area contributed by atoms with Gasteiger partial charge in [-0.1, -0.05) is 25.4 Å². The van der Waals surface area contributed by atoms with Crippen LogP contribution in [0.4, 0.5) is 0 Å². The van der Waals surface area contributed by atoms with E-state index in [4.69, 9.17) is 21.6 Å². The third-order valence-corrected chi connectivity index (χ3v) is 6.69. The number of aromatic nitrogens is 1. The third-order valence-electron chi connectivity index (χ3n) is 5.54. The molecular formula is C23H21ClN4O5S. The number of ether oxygens (including phenoxy) is 1. The van der Waals surface area contributed by atoms with E-state index in [2.05, 4.69) is 28.5 Å². The van der Waals surface area contributed by atoms with Crippen LogP contribution >= 0.6 is 23.5 Å². The van der Waals surface area contributed by atoms with Gasteiger partial charge in [0.2, 0.25) is 5.78 Å². The summed E-state index contributed by atoms with van der Waals surface area (Å²) in [6, 6.07) is 5.08. The van der Waals surface area contributed by atoms with Gasteiger partial charge in [0.25, 0.3) is 5.56 Å². The molecule has 9 nitrogen and oxygen atoms in total. The predicted octanol–water partition coefficient (Wildman–Crippen LogP) is 3.14. The molecule has 4 rings (SSSR count). The van der Waals surface area contributed by atoms with Crippen molar-refractivity contribution in [3.8, 4) is 11.8 Å². The van der Waals surface area contributed by atoms with Crippen LogP contribution in [0.5, 0.6) is 5.75 Å². The molecule has 1 aliphatic heterocycles. The summed E-state index contributed by atoms with van der Waals surface area (Å²) in [7, 11) is 0. The van der Waals surface area contributed by atoms with Crippen molar-refractivity contribution >= 4 is 51.9 Å². The Hall–Kier alpha value is -3.13. The fraction of sp³-hybridized carbons (Fsp3) is 0.348. The van der Waals surface area contributed by atoms with E-state index in [-0.39, 0.29) is 40.8 Å². The Morgan fingerprint density at radius 3 is 2.82 bits per heavy atom. The number of carbonyl (C=O) groups excluding carboxylic acids is 2. The molecule has 0 radical (unpaired) electrons. The molecule has 3 N–H and O–H groups in total. The highest BCUT2D eigenvalue weighted by molar-refractivity contribution is 8.02. The maximum Gasteiger partial charge on any atom is 0.263 e. The van der Waals surface area contributed by atoms with Crippen LogP contribution in [0.15, 0.2) is 32.5 Å². The highest BCUT2D eigenvalue weighted by Gasteiger charge is 2.39. The van der Waals surface area contributed by atoms with Crippen molar-refractivity contribution in [3.05, 3.63) is 49.2 Å². The third kappa shape index (κ3) is 4.46. The fourth-order valence-corrected chi connectivity index (χ4v) is 4.91. The number of allylic oxidation sites excluding steroid dienone is 1. The van der Waals surface area contributed by atoms with Crippen molar-refractivity contribution in [2.45, 2.75) is 39.2 Å². The van der Waals surface area contributed by atoms with Crippen molar-refractivity contribution in [1.29, 1.82) is 5.26 Å². The summed E-state index contributed by atoms with van der Waals surface area (Å²) < 4.78 is 7.88. The molecule has 2 aromatic rings. The number of hydrogen-bond donors (Lipinski definition) is 3. The first-order chi connectivity index (χ1) is 16.2. The predicted molar refractivity (Wildman–Crippen MR) is 129 cm³/mol. The SMILES string of the molecule is CC(C)CCc1cc(Cl)cc2c(O)c(C3=NC4=C(SN3)C(=O)C(OCC#N)C(=O)C4)c(=O)[nH]c12. The summed E-state index contributed by atoms with van der Waals surface area (Å²) >= 11 is 7.18. The lowest BCUT2D eigenvalue weighted by Gasteiger charge is -2.26. The minimum atomic E-state index is -1.35. The van der Waals surface area contributed by atoms with Crippen molar-refractivity contribution in [1.82, 2.24) is 9.71 Å². The van der Waals surface area contributed by atoms with Gasteiger partial charge in [0.1, 0.15) is 17.9 Å². The van der Waals surface area contributed by atoms with Gasteiger partial charge in [-0.3, -0.25) is 14.4 Å². The largest absolute Gasteiger partial charge is 0.506 e. The molecule has 0 spiro atoms. The van der Waals surface area contributed by atoms with Crippen molar-refractivity contribution < 1.29 is 19.4 Å². The minimum absolute atomic E-state index is 0.0186. The number of nitrogens with zero attached hydrogens (tertiary/aromatic N) is 2. The van der Waals surface area contributed by atoms with Crippen LogP contribution in [-0.4, -0.2) is 40.2 Å². The number of aromatic amines is 1. The zero-order valence-corrected chi connectivity index (χ0v) is 20.0. The normalized spacial score (nSPS) is 18.1. The number of rotatable bonds is 6. The summed E-state index contributed by atoms with van der Waals surface area (Å²) in [5.74, 6) is -0.959. The van der Waals surface area contributed by atoms with E-state index >= 15 is 0 Å². The molecule has 34 heavy (non-hydrogen) atoms. The van der Waals surface area contributed by atoms with Gasteiger partial charge in [0, 0.05) is 10.4 Å². The summed E-state index contributed by atoms with van der Waals surface area (Å²) in [5, 5.41) is 20.5. The number of aryl methyl sites for hydroxylation is 1. The summed E-state index contributed by atoms with van der Waals surface area (Å²) in [6.45, 7) is 3.80. The summed E-state index contributed by atoms with van der Waals surface area (Å²) in [4.78, 5) is 45.3. The van der Waals surface area contributed by atoms with Gasteiger partial charge in [-0.2, -0.15) is 5.26 Å². The smallest absolute Gasteiger partial charge is 0.263 e. The maximum absolute atomic E-state index is 13.0. The number of hydrogen-bond acceptors (Lipinski definition) is 9. The van der Waals surface area contributed by atoms with E-state index in [1.54, 1.807) is 18.2 Å². The van der Waals surface area contributed by atoms with Crippen molar-refractivity contribution in [3.63, 3.8) is 0 Å². The first kappa shape index (κ1) is 24.0. The Labute approximate surface area is 204 Å². The molecule has 11 heteroatoms. The molecule has 0 fully saturated rings. The molecule has 1 aromatic carbocycles. The number of halogens is 1. The van der Waals surface area contributed by atoms with Gasteiger partial charge in [0.05, 0.1) is 28.6 Å². The molecule has 0 saturated heterocycles. The van der Waals surface area contributed by atoms with Crippen LogP contribution in [0.1, 0.15) is 37.8 Å². The molecule has 2 aliphatic rings. The monoisotopic (exact) mass is 500 g/mol. The van der Waals surface area contributed by atoms with Crippen LogP contribution < -0.4 is 10.3 Å². The van der Waals surface area contributed by atoms with E-state index in [9.17, 15) is 19.5 Å². The highest BCUT2D eigenvalue weighted by atomic mass is 35.5. The standard InChI is InChI=1S/C23H21ClN4O5S/c1-10(2)3-4-11-7-12(24)8-13-17(11)27-23(32)16(18(13)30)22-26-14-9-15(29)20(33-6-5-25)19(31)21(14)34-28-22/h7-8,10,20H,3-4,6,9H2,1-2H3,(H,26,28)(H2,27,30,32). The first-order valence-corrected chi connectivity index (χ1v) is 11.8. The lowest BCUT2D eigenvalue weighted by molar-refractivity contribution is -0.139. The Kier molecular flexibility index (Phi) is 6.79. The van der Waals surface area contributed by atoms with Crippen molar-refractivity contribution in [2.75, 3.05) is 6.61 Å². The van der Waals surface area contributed by atoms with E-state index in [1.807, 2.05) is 0 Å². The molecule has 2 heterocycles. The Morgan fingerprint density at radius 2 is 2.12 bits per heavy atom. The van der Waals surface area contributed by atoms with Crippen LogP contribution in [0, 0.1) is 17.2 Å². The molecule has 1 unspecified atom stereocenters. The second-order valence-corrected chi connectivity index (χ2v) is 9.65. The Balaban J connectivity index is 1.77. The van der Waals surface area contributed by atoms with Gasteiger partial charge in [-0.15, -0.1) is 0 Å². The fourth-order valence-electron chi connectivity index (χ4n) is 3.88. The number of Topliss-reactive ketones (excluding diaryl/α,β-unsaturated/α-hetero) is 2. The molecule has 176 valence electrons. The van der Waals surface area contributed by atoms with Gasteiger partial charge < -0.3 is 19.5 Å². The minimum Gasteiger partial charge on any atom is -0.506 e. The van der Waals surface area contributed by atoms with E-state index in [0.29, 0.717) is 28.3 Å². The zero-order valence-electron chi connectivity index (χ0n) is 18.4. The molecule has 0 saturated carbocycles. The van der Waals surface area contributed by atoms with Crippen LogP contribution in [0.2, 0.25) is 5.02 Å². The second-order valence-electron chi connectivity index (χ2n) is 8.39. The Bertz CT molecular complexity index is 1370. The van der Waals surface area contributed by atoms with Crippen LogP contribution in [0.3, 0.4) is 0 Å². The lowest BCUT2D eigenvalue weighted by Crippen LogP contribution is -2.40. The number of ketones is 2. The number of nitrogens with one attached hydrogen (secondary N) is 2. The topological polar surface area (TPSA) is 145 Å². The molecule has 0 bridgehead atoms. The number of benzene rings is 1. The molecule has 0 amide bonds. The molecular weight excluding hydrogens is 480 g/mol. The van der Waals surface area contributed by atoms with Crippen LogP contribution in [0.25, 0.3) is 10.9 Å². The maximum atomic E-state index is 13.0. The average molecular weight is 501 g/mol. The molecule has 1 aromatic heterocycles. The van der Waals surface area contributed by atoms with E-state index in [0.717, 1.165) is 23.9 Å². The molecule has 1 atom stereocenters.